The summed E-state index contributed by atoms with van der Waals surface area (Å²) < 4.78 is 12.1. The van der Waals surface area contributed by atoms with Gasteiger partial charge in [0.1, 0.15) is 11.2 Å². The van der Waals surface area contributed by atoms with Crippen molar-refractivity contribution in [3.8, 4) is 5.75 Å². The van der Waals surface area contributed by atoms with Gasteiger partial charge >= 0.3 is 5.97 Å². The fourth-order valence-electron chi connectivity index (χ4n) is 12.7. The summed E-state index contributed by atoms with van der Waals surface area (Å²) in [6.07, 6.45) is 7.13. The molecule has 1 aromatic heterocycles. The number of benzene rings is 2. The number of hydrazine groups is 1. The number of H-pyrrole nitrogens is 1. The Hall–Kier alpha value is -3.94. The molecular weight excluding hydrogens is 697 g/mol. The lowest BCUT2D eigenvalue weighted by Crippen LogP contribution is -2.75. The number of ether oxygens (including phenoxy) is 2. The first-order valence-corrected chi connectivity index (χ1v) is 19.9. The summed E-state index contributed by atoms with van der Waals surface area (Å²) in [6.45, 7) is 8.95. The third kappa shape index (κ3) is 5.20. The first-order chi connectivity index (χ1) is 26.2. The molecule has 2 fully saturated rings. The van der Waals surface area contributed by atoms with Crippen molar-refractivity contribution in [3.63, 3.8) is 0 Å². The average Bonchev–Trinajstić information content (AvgIpc) is 3.82. The third-order valence-corrected chi connectivity index (χ3v) is 14.4. The van der Waals surface area contributed by atoms with Gasteiger partial charge in [0.05, 0.1) is 25.9 Å². The molecule has 1 spiro atoms. The summed E-state index contributed by atoms with van der Waals surface area (Å²) >= 11 is 0. The number of aliphatic hydroxyl groups is 2. The number of nitrogens with one attached hydrogen (secondary N) is 2. The van der Waals surface area contributed by atoms with Crippen molar-refractivity contribution in [2.24, 2.45) is 17.2 Å². The van der Waals surface area contributed by atoms with Crippen LogP contribution in [-0.4, -0.2) is 115 Å². The van der Waals surface area contributed by atoms with Crippen molar-refractivity contribution >= 4 is 28.5 Å². The molecule has 8 rings (SSSR count). The normalized spacial score (nSPS) is 36.0. The molecule has 0 radical (unpaired) electrons. The topological polar surface area (TPSA) is 157 Å². The van der Waals surface area contributed by atoms with E-state index in [2.05, 4.69) is 70.3 Å². The fourth-order valence-corrected chi connectivity index (χ4v) is 12.7. The lowest BCUT2D eigenvalue weighted by Gasteiger charge is -2.60. The highest BCUT2D eigenvalue weighted by Gasteiger charge is 2.75. The van der Waals surface area contributed by atoms with E-state index in [0.717, 1.165) is 52.1 Å². The maximum Gasteiger partial charge on any atom is 0.322 e. The van der Waals surface area contributed by atoms with E-state index in [1.54, 1.807) is 7.11 Å². The van der Waals surface area contributed by atoms with Crippen molar-refractivity contribution < 1.29 is 29.3 Å². The van der Waals surface area contributed by atoms with Gasteiger partial charge in [-0.15, -0.1) is 0 Å². The molecule has 1 saturated heterocycles. The van der Waals surface area contributed by atoms with Crippen molar-refractivity contribution in [2.45, 2.75) is 93.4 Å². The quantitative estimate of drug-likeness (QED) is 0.0860. The first kappa shape index (κ1) is 38.0. The summed E-state index contributed by atoms with van der Waals surface area (Å²) in [5.74, 6) is 5.26. The van der Waals surface area contributed by atoms with Crippen LogP contribution in [0.3, 0.4) is 0 Å². The Morgan fingerprint density at radius 2 is 1.85 bits per heavy atom. The van der Waals surface area contributed by atoms with Crippen LogP contribution in [0.5, 0.6) is 5.75 Å². The van der Waals surface area contributed by atoms with E-state index in [4.69, 9.17) is 15.3 Å². The van der Waals surface area contributed by atoms with Gasteiger partial charge in [-0.1, -0.05) is 51.1 Å². The number of para-hydroxylation sites is 1. The zero-order valence-corrected chi connectivity index (χ0v) is 33.4. The van der Waals surface area contributed by atoms with E-state index in [1.165, 1.54) is 7.11 Å². The number of rotatable bonds is 5. The molecule has 12 nitrogen and oxygen atoms in total. The summed E-state index contributed by atoms with van der Waals surface area (Å²) in [7, 11) is 7.08. The SMILES string of the molecule is CC[C@]1(O)C[C@H](C)C[C@](C(=O)OC)(c2cc(OC)cc3c2[C@@]24CCN5CC=C[C@@](C)(C[C@](O)(C(=O)NN)[C@@H]2N3C)[C@H]54)c2[nH]c3ccccc3c2CCN(C)C1. The highest BCUT2D eigenvalue weighted by atomic mass is 16.5. The number of esters is 1. The maximum atomic E-state index is 15.5. The second kappa shape index (κ2) is 13.1. The summed E-state index contributed by atoms with van der Waals surface area (Å²) in [5, 5.41) is 26.1. The number of hydrogen-bond donors (Lipinski definition) is 5. The number of carbonyl (C=O) groups excluding carboxylic acids is 2. The number of nitrogens with two attached hydrogens (primary N) is 1. The van der Waals surface area contributed by atoms with E-state index < -0.39 is 45.4 Å². The molecule has 12 heteroatoms. The lowest BCUT2D eigenvalue weighted by molar-refractivity contribution is -0.158. The van der Waals surface area contributed by atoms with Gasteiger partial charge in [0, 0.05) is 71.9 Å². The number of fused-ring (bicyclic) bond motifs is 4. The van der Waals surface area contributed by atoms with Crippen molar-refractivity contribution in [1.82, 2.24) is 20.2 Å². The molecule has 2 aromatic carbocycles. The van der Waals surface area contributed by atoms with Crippen LogP contribution in [0.4, 0.5) is 5.69 Å². The van der Waals surface area contributed by atoms with Crippen LogP contribution in [0.1, 0.15) is 75.3 Å². The molecule has 1 aliphatic carbocycles. The molecule has 0 unspecified atom stereocenters. The number of hydrogen-bond acceptors (Lipinski definition) is 10. The number of aromatic amines is 1. The van der Waals surface area contributed by atoms with Gasteiger partial charge in [-0.3, -0.25) is 19.9 Å². The Kier molecular flexibility index (Phi) is 9.01. The number of likely N-dealkylation sites (N-methyl/N-ethyl adjacent to an activating group) is 2. The van der Waals surface area contributed by atoms with E-state index in [0.29, 0.717) is 50.9 Å². The van der Waals surface area contributed by atoms with Gasteiger partial charge in [0.15, 0.2) is 5.60 Å². The molecule has 1 saturated carbocycles. The van der Waals surface area contributed by atoms with Crippen molar-refractivity contribution in [3.05, 3.63) is 70.9 Å². The van der Waals surface area contributed by atoms with Crippen LogP contribution < -0.4 is 20.9 Å². The van der Waals surface area contributed by atoms with Crippen LogP contribution in [0, 0.1) is 11.3 Å². The predicted molar refractivity (Wildman–Crippen MR) is 212 cm³/mol. The Labute approximate surface area is 324 Å². The van der Waals surface area contributed by atoms with Crippen molar-refractivity contribution in [2.75, 3.05) is 59.4 Å². The van der Waals surface area contributed by atoms with E-state index >= 15 is 4.79 Å². The number of methoxy groups -OCH3 is 2. The average molecular weight is 755 g/mol. The minimum atomic E-state index is -1.88. The predicted octanol–water partition coefficient (Wildman–Crippen LogP) is 3.51. The minimum absolute atomic E-state index is 0.104. The van der Waals surface area contributed by atoms with Crippen LogP contribution >= 0.6 is 0 Å². The maximum absolute atomic E-state index is 15.5. The molecule has 4 aliphatic heterocycles. The molecule has 8 atom stereocenters. The highest BCUT2D eigenvalue weighted by molar-refractivity contribution is 5.95. The third-order valence-electron chi connectivity index (χ3n) is 14.4. The zero-order chi connectivity index (χ0) is 39.3. The number of aromatic nitrogens is 1. The standard InChI is InChI=1S/C43H58N6O6/c1-8-40(52)22-26(2)23-42(38(51)55-7,34-29(14-18-47(4)25-40)28-12-9-10-13-31(28)45-34)30-20-27(54-6)21-32-33(30)41-16-19-49-17-11-15-39(3,35(41)49)24-43(53,37(50)46-44)36(41)48(32)5/h9-13,15,20-21,26,35-36,45,52-53H,8,14,16-19,22-25,44H2,1-7H3,(H,46,50)/t26-,35-,36+,39-,40-,41+,42-,43+/m0/s1. The Morgan fingerprint density at radius 3 is 2.56 bits per heavy atom. The molecule has 296 valence electrons. The molecule has 1 amide bonds. The molecule has 5 heterocycles. The summed E-state index contributed by atoms with van der Waals surface area (Å²) in [5.41, 5.74) is 1.83. The number of carbonyl (C=O) groups is 2. The fraction of sp³-hybridized carbons (Fsp3) is 0.581. The minimum Gasteiger partial charge on any atom is -0.497 e. The second-order valence-electron chi connectivity index (χ2n) is 17.8. The Bertz CT molecular complexity index is 2070. The van der Waals surface area contributed by atoms with Crippen LogP contribution in [0.15, 0.2) is 48.6 Å². The van der Waals surface area contributed by atoms with Gasteiger partial charge in [-0.2, -0.15) is 0 Å². The molecule has 5 aliphatic rings. The Balaban J connectivity index is 1.51. The van der Waals surface area contributed by atoms with Crippen molar-refractivity contribution in [1.29, 1.82) is 0 Å². The van der Waals surface area contributed by atoms with Gasteiger partial charge in [0.25, 0.3) is 5.91 Å². The largest absolute Gasteiger partial charge is 0.497 e. The van der Waals surface area contributed by atoms with Gasteiger partial charge in [-0.25, -0.2) is 5.84 Å². The van der Waals surface area contributed by atoms with Gasteiger partial charge in [0.2, 0.25) is 0 Å². The summed E-state index contributed by atoms with van der Waals surface area (Å²) in [6, 6.07) is 11.4. The molecule has 3 aromatic rings. The molecule has 6 N–H and O–H groups in total. The van der Waals surface area contributed by atoms with Gasteiger partial charge < -0.3 is 34.5 Å². The zero-order valence-electron chi connectivity index (χ0n) is 33.4. The summed E-state index contributed by atoms with van der Waals surface area (Å²) in [4.78, 5) is 40.1. The first-order valence-electron chi connectivity index (χ1n) is 19.9. The van der Waals surface area contributed by atoms with Gasteiger partial charge in [-0.05, 0) is 86.9 Å². The second-order valence-corrected chi connectivity index (χ2v) is 17.8. The van der Waals surface area contributed by atoms with Crippen LogP contribution in [0.25, 0.3) is 10.9 Å². The molecule has 0 bridgehead atoms. The van der Waals surface area contributed by atoms with E-state index in [-0.39, 0.29) is 18.4 Å². The number of amides is 1. The monoisotopic (exact) mass is 754 g/mol. The van der Waals surface area contributed by atoms with E-state index in [9.17, 15) is 15.0 Å². The number of anilines is 1. The highest BCUT2D eigenvalue weighted by Crippen LogP contribution is 2.68. The van der Waals surface area contributed by atoms with E-state index in [1.807, 2.05) is 38.2 Å². The van der Waals surface area contributed by atoms with Crippen LogP contribution in [-0.2, 0) is 31.6 Å². The lowest BCUT2D eigenvalue weighted by atomic mass is 9.49. The molecule has 55 heavy (non-hydrogen) atoms. The number of β-amino-alcohol motifs (C(OH)–C–C–N with tert-alkyl or cyclic N) is 1. The molecular formula is C43H58N6O6. The number of nitrogens with zero attached hydrogens (tertiary/aromatic N) is 3. The smallest absolute Gasteiger partial charge is 0.322 e. The Morgan fingerprint density at radius 1 is 1.09 bits per heavy atom. The van der Waals surface area contributed by atoms with Crippen LogP contribution in [0.2, 0.25) is 0 Å².